The van der Waals surface area contributed by atoms with Crippen LogP contribution in [0.5, 0.6) is 11.5 Å². The third-order valence-electron chi connectivity index (χ3n) is 5.31. The topological polar surface area (TPSA) is 95.9 Å². The molecule has 4 bridgehead atoms. The number of aromatic hydroxyl groups is 1. The molecule has 1 aliphatic rings. The highest BCUT2D eigenvalue weighted by molar-refractivity contribution is 7.92. The van der Waals surface area contributed by atoms with E-state index in [4.69, 9.17) is 16.3 Å². The standard InChI is InChI=1S/C23H17ClF4N2O5S/c24-15-7-12-8-20(22(15)31)36(33,34)29-18-9-14(16(25)10-17(18)26)13-3-1-2-4-19(13)35-6-5-30(23(12)32)11-21(27)28/h1-4,7-10,21,29,31H,5-6,11H2. The lowest BCUT2D eigenvalue weighted by Crippen LogP contribution is -2.38. The summed E-state index contributed by atoms with van der Waals surface area (Å²) in [6, 6.07) is 8.97. The summed E-state index contributed by atoms with van der Waals surface area (Å²) in [7, 11) is -4.80. The number of sulfonamides is 1. The Morgan fingerprint density at radius 1 is 1.08 bits per heavy atom. The highest BCUT2D eigenvalue weighted by Gasteiger charge is 2.28. The van der Waals surface area contributed by atoms with Crippen LogP contribution in [-0.2, 0) is 10.0 Å². The number of phenols is 1. The fourth-order valence-corrected chi connectivity index (χ4v) is 5.12. The van der Waals surface area contributed by atoms with Crippen LogP contribution >= 0.6 is 11.6 Å². The van der Waals surface area contributed by atoms with Gasteiger partial charge < -0.3 is 14.7 Å². The molecule has 36 heavy (non-hydrogen) atoms. The summed E-state index contributed by atoms with van der Waals surface area (Å²) in [5.74, 6) is -4.18. The number of fused-ring (bicyclic) bond motifs is 6. The maximum Gasteiger partial charge on any atom is 0.265 e. The van der Waals surface area contributed by atoms with Gasteiger partial charge in [-0.25, -0.2) is 26.0 Å². The third kappa shape index (κ3) is 5.05. The van der Waals surface area contributed by atoms with Crippen molar-refractivity contribution in [3.8, 4) is 22.6 Å². The largest absolute Gasteiger partial charge is 0.505 e. The smallest absolute Gasteiger partial charge is 0.265 e. The van der Waals surface area contributed by atoms with E-state index in [2.05, 4.69) is 0 Å². The van der Waals surface area contributed by atoms with E-state index in [1.54, 1.807) is 6.07 Å². The molecule has 0 aromatic heterocycles. The molecule has 0 saturated carbocycles. The molecule has 1 aliphatic heterocycles. The summed E-state index contributed by atoms with van der Waals surface area (Å²) < 4.78 is 89.5. The number of nitrogens with zero attached hydrogens (tertiary/aromatic N) is 1. The van der Waals surface area contributed by atoms with Gasteiger partial charge in [0.15, 0.2) is 5.75 Å². The average molecular weight is 545 g/mol. The lowest BCUT2D eigenvalue weighted by molar-refractivity contribution is 0.0519. The molecule has 0 radical (unpaired) electrons. The van der Waals surface area contributed by atoms with Crippen molar-refractivity contribution in [3.63, 3.8) is 0 Å². The Kier molecular flexibility index (Phi) is 7.01. The predicted octanol–water partition coefficient (Wildman–Crippen LogP) is 4.89. The van der Waals surface area contributed by atoms with Crippen molar-refractivity contribution in [2.24, 2.45) is 0 Å². The highest BCUT2D eigenvalue weighted by Crippen LogP contribution is 2.37. The molecule has 0 atom stereocenters. The molecular formula is C23H17ClF4N2O5S. The number of benzene rings is 3. The van der Waals surface area contributed by atoms with Crippen LogP contribution in [0.4, 0.5) is 23.2 Å². The van der Waals surface area contributed by atoms with Gasteiger partial charge in [-0.15, -0.1) is 0 Å². The van der Waals surface area contributed by atoms with Crippen molar-refractivity contribution in [1.82, 2.24) is 4.90 Å². The molecule has 0 aliphatic carbocycles. The van der Waals surface area contributed by atoms with Crippen LogP contribution in [0, 0.1) is 11.6 Å². The zero-order valence-electron chi connectivity index (χ0n) is 18.1. The Morgan fingerprint density at radius 3 is 2.53 bits per heavy atom. The Balaban J connectivity index is 1.94. The summed E-state index contributed by atoms with van der Waals surface area (Å²) in [6.45, 7) is -1.66. The Hall–Kier alpha value is -3.51. The molecule has 0 spiro atoms. The second-order valence-electron chi connectivity index (χ2n) is 7.71. The summed E-state index contributed by atoms with van der Waals surface area (Å²) in [6.07, 6.45) is -2.93. The van der Waals surface area contributed by atoms with Crippen molar-refractivity contribution in [2.45, 2.75) is 11.3 Å². The maximum absolute atomic E-state index is 14.8. The van der Waals surface area contributed by atoms with E-state index < -0.39 is 67.5 Å². The normalized spacial score (nSPS) is 15.4. The summed E-state index contributed by atoms with van der Waals surface area (Å²) in [4.78, 5) is 12.8. The number of ether oxygens (including phenoxy) is 1. The van der Waals surface area contributed by atoms with Gasteiger partial charge in [-0.1, -0.05) is 29.8 Å². The predicted molar refractivity (Wildman–Crippen MR) is 123 cm³/mol. The van der Waals surface area contributed by atoms with Gasteiger partial charge in [-0.3, -0.25) is 9.52 Å². The highest BCUT2D eigenvalue weighted by atomic mass is 35.5. The van der Waals surface area contributed by atoms with Gasteiger partial charge in [0.25, 0.3) is 22.4 Å². The van der Waals surface area contributed by atoms with Crippen LogP contribution in [0.3, 0.4) is 0 Å². The Morgan fingerprint density at radius 2 is 1.81 bits per heavy atom. The molecular weight excluding hydrogens is 528 g/mol. The van der Waals surface area contributed by atoms with E-state index in [1.165, 1.54) is 18.2 Å². The molecule has 3 aromatic carbocycles. The Bertz CT molecular complexity index is 1450. The lowest BCUT2D eigenvalue weighted by atomic mass is 10.0. The van der Waals surface area contributed by atoms with Gasteiger partial charge in [0.1, 0.15) is 28.9 Å². The van der Waals surface area contributed by atoms with E-state index in [-0.39, 0.29) is 30.0 Å². The maximum atomic E-state index is 14.8. The van der Waals surface area contributed by atoms with E-state index in [0.29, 0.717) is 6.07 Å². The Labute approximate surface area is 207 Å². The van der Waals surface area contributed by atoms with E-state index in [9.17, 15) is 35.9 Å². The van der Waals surface area contributed by atoms with Crippen molar-refractivity contribution in [3.05, 3.63) is 70.8 Å². The molecule has 7 nitrogen and oxygen atoms in total. The van der Waals surface area contributed by atoms with E-state index in [0.717, 1.165) is 23.1 Å². The number of anilines is 1. The zero-order valence-corrected chi connectivity index (χ0v) is 19.7. The molecule has 190 valence electrons. The third-order valence-corrected chi connectivity index (χ3v) is 6.97. The van der Waals surface area contributed by atoms with E-state index >= 15 is 0 Å². The van der Waals surface area contributed by atoms with Gasteiger partial charge >= 0.3 is 0 Å². The van der Waals surface area contributed by atoms with Crippen molar-refractivity contribution in [1.29, 1.82) is 0 Å². The van der Waals surface area contributed by atoms with Crippen molar-refractivity contribution in [2.75, 3.05) is 24.4 Å². The summed E-state index contributed by atoms with van der Waals surface area (Å²) in [5.41, 5.74) is -1.20. The number of alkyl halides is 2. The quantitative estimate of drug-likeness (QED) is 0.448. The van der Waals surface area contributed by atoms with Crippen LogP contribution in [0.1, 0.15) is 10.4 Å². The molecule has 0 unspecified atom stereocenters. The first-order chi connectivity index (χ1) is 17.0. The fourth-order valence-electron chi connectivity index (χ4n) is 3.64. The minimum absolute atomic E-state index is 0.0809. The minimum Gasteiger partial charge on any atom is -0.505 e. The monoisotopic (exact) mass is 544 g/mol. The molecule has 2 N–H and O–H groups in total. The number of hydrogen-bond acceptors (Lipinski definition) is 5. The van der Waals surface area contributed by atoms with Gasteiger partial charge in [0, 0.05) is 22.8 Å². The number of hydrogen-bond donors (Lipinski definition) is 2. The number of rotatable bonds is 2. The molecule has 1 heterocycles. The molecule has 3 aromatic rings. The molecule has 13 heteroatoms. The number of amides is 1. The first-order valence-electron chi connectivity index (χ1n) is 10.3. The second kappa shape index (κ2) is 9.86. The first-order valence-corrected chi connectivity index (χ1v) is 12.2. The van der Waals surface area contributed by atoms with Gasteiger partial charge in [0.2, 0.25) is 0 Å². The average Bonchev–Trinajstić information content (AvgIpc) is 2.81. The van der Waals surface area contributed by atoms with Crippen LogP contribution < -0.4 is 9.46 Å². The molecule has 1 amide bonds. The lowest BCUT2D eigenvalue weighted by Gasteiger charge is -2.23. The van der Waals surface area contributed by atoms with Crippen molar-refractivity contribution < 1.29 is 40.6 Å². The number of carbonyl (C=O) groups is 1. The van der Waals surface area contributed by atoms with Gasteiger partial charge in [-0.05, 0) is 24.3 Å². The number of para-hydroxylation sites is 1. The van der Waals surface area contributed by atoms with Crippen molar-refractivity contribution >= 4 is 33.2 Å². The molecule has 0 fully saturated rings. The van der Waals surface area contributed by atoms with E-state index in [1.807, 2.05) is 4.72 Å². The number of nitrogens with one attached hydrogen (secondary N) is 1. The van der Waals surface area contributed by atoms with Crippen LogP contribution in [0.2, 0.25) is 5.02 Å². The minimum atomic E-state index is -4.80. The van der Waals surface area contributed by atoms with Crippen LogP contribution in [0.25, 0.3) is 11.1 Å². The first kappa shape index (κ1) is 25.6. The number of carbonyl (C=O) groups excluding carboxylic acids is 1. The number of halogens is 5. The summed E-state index contributed by atoms with van der Waals surface area (Å²) >= 11 is 5.93. The van der Waals surface area contributed by atoms with Gasteiger partial charge in [0.05, 0.1) is 23.8 Å². The van der Waals surface area contributed by atoms with Crippen LogP contribution in [-0.4, -0.2) is 50.5 Å². The SMILES string of the molecule is O=C1c2cc(Cl)c(O)c(c2)S(=O)(=O)Nc2cc(c(F)cc2F)-c2ccccc2OCCN1CC(F)F. The second-order valence-corrected chi connectivity index (χ2v) is 9.77. The zero-order chi connectivity index (χ0) is 26.2. The fraction of sp³-hybridized carbons (Fsp3) is 0.174. The van der Waals surface area contributed by atoms with Gasteiger partial charge in [-0.2, -0.15) is 0 Å². The molecule has 0 saturated heterocycles. The molecule has 4 rings (SSSR count). The van der Waals surface area contributed by atoms with Crippen LogP contribution in [0.15, 0.2) is 53.4 Å². The summed E-state index contributed by atoms with van der Waals surface area (Å²) in [5, 5.41) is 9.73. The number of phenolic OH excluding ortho intramolecular Hbond substituents is 1.